The highest BCUT2D eigenvalue weighted by atomic mass is 16.6. The van der Waals surface area contributed by atoms with Crippen molar-refractivity contribution in [2.75, 3.05) is 42.4 Å². The van der Waals surface area contributed by atoms with Crippen molar-refractivity contribution in [2.45, 2.75) is 181 Å². The SMILES string of the molecule is COc1cnc(C(C)(O)c2ccc(C[C@H]3OC(=O)[C@H](CC(C)C)N(C)C(=O)[C@@H](C)OC(=O)[C@H](CC(C)C)N(C)C(=O)[C@@H](Cc4ccc(C(C)(O)c5cnc(OC)cn5)cc4)OC(=O)[C@H](CC(C)C)N(C)C(=O)[C@@H](C)OC(=O)[C@H](CC(C)C)N(C)C3=O)cc2)cn1. The van der Waals surface area contributed by atoms with E-state index in [4.69, 9.17) is 28.4 Å². The zero-order valence-corrected chi connectivity index (χ0v) is 55.3. The summed E-state index contributed by atoms with van der Waals surface area (Å²) in [4.78, 5) is 140. The van der Waals surface area contributed by atoms with Gasteiger partial charge in [0, 0.05) is 41.0 Å². The lowest BCUT2D eigenvalue weighted by molar-refractivity contribution is -0.176. The highest BCUT2D eigenvalue weighted by Crippen LogP contribution is 2.31. The lowest BCUT2D eigenvalue weighted by atomic mass is 9.91. The van der Waals surface area contributed by atoms with E-state index in [1.165, 1.54) is 94.9 Å². The van der Waals surface area contributed by atoms with Crippen LogP contribution >= 0.6 is 0 Å². The first-order chi connectivity index (χ1) is 42.1. The summed E-state index contributed by atoms with van der Waals surface area (Å²) < 4.78 is 34.5. The Morgan fingerprint density at radius 3 is 0.944 bits per heavy atom. The number of methoxy groups -OCH3 is 2. The fourth-order valence-corrected chi connectivity index (χ4v) is 10.5. The van der Waals surface area contributed by atoms with E-state index in [0.717, 1.165) is 19.6 Å². The smallest absolute Gasteiger partial charge is 0.329 e. The van der Waals surface area contributed by atoms with Crippen molar-refractivity contribution in [3.63, 3.8) is 0 Å². The second-order valence-electron chi connectivity index (χ2n) is 25.2. The first kappa shape index (κ1) is 72.6. The summed E-state index contributed by atoms with van der Waals surface area (Å²) in [5.41, 5.74) is -1.12. The van der Waals surface area contributed by atoms with Gasteiger partial charge in [-0.3, -0.25) is 29.1 Å². The summed E-state index contributed by atoms with van der Waals surface area (Å²) in [6.07, 6.45) is -1.38. The van der Waals surface area contributed by atoms with Crippen LogP contribution in [0, 0.1) is 23.7 Å². The molecule has 4 amide bonds. The quantitative estimate of drug-likeness (QED) is 0.0882. The fourth-order valence-electron chi connectivity index (χ4n) is 10.5. The van der Waals surface area contributed by atoms with Gasteiger partial charge in [-0.1, -0.05) is 104 Å². The minimum atomic E-state index is -1.65. The molecule has 0 radical (unpaired) electrons. The number of benzene rings is 2. The molecule has 0 saturated carbocycles. The molecule has 1 saturated heterocycles. The van der Waals surface area contributed by atoms with E-state index >= 15 is 9.59 Å². The summed E-state index contributed by atoms with van der Waals surface area (Å²) in [5, 5.41) is 23.3. The van der Waals surface area contributed by atoms with Crippen LogP contribution in [0.25, 0.3) is 0 Å². The van der Waals surface area contributed by atoms with Crippen LogP contribution in [-0.2, 0) is 81.3 Å². The van der Waals surface area contributed by atoms with Gasteiger partial charge in [0.2, 0.25) is 11.8 Å². The summed E-state index contributed by atoms with van der Waals surface area (Å²) in [6.45, 7) is 20.2. The van der Waals surface area contributed by atoms with Gasteiger partial charge in [-0.05, 0) is 99.3 Å². The summed E-state index contributed by atoms with van der Waals surface area (Å²) >= 11 is 0. The Balaban J connectivity index is 1.61. The average molecular weight is 1250 g/mol. The van der Waals surface area contributed by atoms with Gasteiger partial charge < -0.3 is 58.2 Å². The molecule has 492 valence electrons. The minimum absolute atomic E-state index is 0.0178. The van der Waals surface area contributed by atoms with Gasteiger partial charge in [0.25, 0.3) is 23.6 Å². The largest absolute Gasteiger partial charge is 0.480 e. The number of cyclic esters (lactones) is 4. The topological polar surface area (TPSA) is 297 Å². The molecule has 90 heavy (non-hydrogen) atoms. The zero-order chi connectivity index (χ0) is 67.3. The minimum Gasteiger partial charge on any atom is -0.480 e. The molecule has 4 aromatic rings. The van der Waals surface area contributed by atoms with Crippen molar-refractivity contribution in [1.82, 2.24) is 39.5 Å². The van der Waals surface area contributed by atoms with Gasteiger partial charge in [-0.25, -0.2) is 29.1 Å². The molecule has 3 heterocycles. The molecule has 0 bridgehead atoms. The van der Waals surface area contributed by atoms with Gasteiger partial charge in [0.05, 0.1) is 50.4 Å². The third-order valence-corrected chi connectivity index (χ3v) is 16.0. The Hall–Kier alpha value is -8.12. The van der Waals surface area contributed by atoms with Crippen molar-refractivity contribution in [1.29, 1.82) is 0 Å². The number of aromatic nitrogens is 4. The molecule has 24 nitrogen and oxygen atoms in total. The Morgan fingerprint density at radius 2 is 0.700 bits per heavy atom. The van der Waals surface area contributed by atoms with Gasteiger partial charge in [0.1, 0.15) is 35.4 Å². The number of amides is 4. The number of esters is 4. The Bertz CT molecular complexity index is 2880. The van der Waals surface area contributed by atoms with Crippen molar-refractivity contribution >= 4 is 47.5 Å². The van der Waals surface area contributed by atoms with Crippen LogP contribution in [0.3, 0.4) is 0 Å². The first-order valence-corrected chi connectivity index (χ1v) is 30.4. The van der Waals surface area contributed by atoms with Crippen LogP contribution in [0.5, 0.6) is 11.8 Å². The Labute approximate surface area is 528 Å². The van der Waals surface area contributed by atoms with E-state index in [9.17, 15) is 39.0 Å². The second-order valence-corrected chi connectivity index (χ2v) is 25.2. The molecular weight excluding hydrogens is 1160 g/mol. The molecule has 5 rings (SSSR count). The molecule has 2 unspecified atom stereocenters. The van der Waals surface area contributed by atoms with E-state index in [-0.39, 0.29) is 85.3 Å². The zero-order valence-electron chi connectivity index (χ0n) is 55.3. The number of hydrogen-bond acceptors (Lipinski definition) is 20. The van der Waals surface area contributed by atoms with E-state index in [2.05, 4.69) is 19.9 Å². The third kappa shape index (κ3) is 18.5. The number of carbonyl (C=O) groups is 8. The summed E-state index contributed by atoms with van der Waals surface area (Å²) in [6, 6.07) is 7.50. The average Bonchev–Trinajstić information content (AvgIpc) is 1.18. The summed E-state index contributed by atoms with van der Waals surface area (Å²) in [7, 11) is 8.25. The van der Waals surface area contributed by atoms with Crippen molar-refractivity contribution in [3.8, 4) is 11.8 Å². The number of hydrogen-bond donors (Lipinski definition) is 2. The molecule has 2 aromatic carbocycles. The van der Waals surface area contributed by atoms with Gasteiger partial charge in [-0.2, -0.15) is 0 Å². The lowest BCUT2D eigenvalue weighted by Gasteiger charge is -2.35. The van der Waals surface area contributed by atoms with Crippen LogP contribution < -0.4 is 9.47 Å². The number of rotatable bonds is 18. The standard InChI is InChI=1S/C66H92N8O16/c1-37(2)27-47-61(79)87-41(9)57(75)71(13)50(30-40(7)8)64(82)90-52(32-44-21-25-46(26-22-44)66(12,84)54-34-70-56(86-18)36-68-54)60(78)74(16)48(28-38(3)4)62(80)88-42(10)58(76)72(14)49(29-39(5)6)63(81)89-51(59(77)73(47)15)31-43-19-23-45(24-20-43)65(11,83)53-33-69-55(85-17)35-67-53/h19-26,33-42,47-52,83-84H,27-32H2,1-18H3/t41-,42-,47+,48+,49+,50+,51-,52-,65?,66?/m1/s1. The number of likely N-dealkylation sites (N-methyl/N-ethyl adjacent to an activating group) is 4. The fraction of sp³-hybridized carbons (Fsp3) is 0.576. The molecule has 24 heteroatoms. The predicted molar refractivity (Wildman–Crippen MR) is 330 cm³/mol. The first-order valence-electron chi connectivity index (χ1n) is 30.4. The summed E-state index contributed by atoms with van der Waals surface area (Å²) in [5.74, 6) is -7.76. The molecule has 1 fully saturated rings. The molecule has 1 aliphatic rings. The van der Waals surface area contributed by atoms with E-state index in [1.807, 2.05) is 55.4 Å². The van der Waals surface area contributed by atoms with Crippen LogP contribution in [0.15, 0.2) is 73.3 Å². The monoisotopic (exact) mass is 1250 g/mol. The highest BCUT2D eigenvalue weighted by molar-refractivity contribution is 5.94. The van der Waals surface area contributed by atoms with Gasteiger partial charge in [0.15, 0.2) is 24.4 Å². The van der Waals surface area contributed by atoms with E-state index in [1.54, 1.807) is 48.5 Å². The number of aliphatic hydroxyl groups is 2. The van der Waals surface area contributed by atoms with Crippen molar-refractivity contribution in [2.24, 2.45) is 23.7 Å². The molecule has 2 aromatic heterocycles. The molecular formula is C66H92N8O16. The van der Waals surface area contributed by atoms with Gasteiger partial charge in [-0.15, -0.1) is 0 Å². The van der Waals surface area contributed by atoms with Crippen LogP contribution in [0.1, 0.15) is 142 Å². The van der Waals surface area contributed by atoms with Crippen molar-refractivity contribution < 1.29 is 77.0 Å². The van der Waals surface area contributed by atoms with Crippen LogP contribution in [-0.4, -0.2) is 188 Å². The van der Waals surface area contributed by atoms with Gasteiger partial charge >= 0.3 is 23.9 Å². The molecule has 0 spiro atoms. The molecule has 0 aliphatic carbocycles. The van der Waals surface area contributed by atoms with E-state index in [0.29, 0.717) is 22.3 Å². The Morgan fingerprint density at radius 1 is 0.433 bits per heavy atom. The Kier molecular flexibility index (Phi) is 25.5. The number of carbonyl (C=O) groups excluding carboxylic acids is 8. The molecule has 1 aliphatic heterocycles. The predicted octanol–water partition coefficient (Wildman–Crippen LogP) is 5.77. The second kappa shape index (κ2) is 31.6. The normalized spacial score (nSPS) is 23.3. The third-order valence-electron chi connectivity index (χ3n) is 16.0. The number of nitrogens with zero attached hydrogens (tertiary/aromatic N) is 8. The van der Waals surface area contributed by atoms with Crippen molar-refractivity contribution in [3.05, 3.63) is 107 Å². The maximum atomic E-state index is 15.1. The highest BCUT2D eigenvalue weighted by Gasteiger charge is 2.43. The maximum absolute atomic E-state index is 15.1. The van der Waals surface area contributed by atoms with Crippen LogP contribution in [0.2, 0.25) is 0 Å². The van der Waals surface area contributed by atoms with E-state index < -0.39 is 107 Å². The lowest BCUT2D eigenvalue weighted by Crippen LogP contribution is -2.55. The molecule has 2 N–H and O–H groups in total. The maximum Gasteiger partial charge on any atom is 0.329 e. The number of ether oxygens (including phenoxy) is 6. The molecule has 10 atom stereocenters. The van der Waals surface area contributed by atoms with Crippen LogP contribution in [0.4, 0.5) is 0 Å².